The van der Waals surface area contributed by atoms with E-state index in [2.05, 4.69) is 59.4 Å². The van der Waals surface area contributed by atoms with E-state index in [0.29, 0.717) is 6.04 Å². The Labute approximate surface area is 105 Å². The van der Waals surface area contributed by atoms with Gasteiger partial charge in [-0.1, -0.05) is 22.9 Å². The van der Waals surface area contributed by atoms with Crippen LogP contribution in [0.15, 0.2) is 33.6 Å². The lowest BCUT2D eigenvalue weighted by atomic mass is 10.3. The molecule has 1 aromatic carbocycles. The Balaban J connectivity index is 2.27. The van der Waals surface area contributed by atoms with Crippen molar-refractivity contribution in [2.75, 3.05) is 12.3 Å². The van der Waals surface area contributed by atoms with Crippen LogP contribution in [-0.4, -0.2) is 18.3 Å². The summed E-state index contributed by atoms with van der Waals surface area (Å²) in [6.45, 7) is 5.55. The zero-order chi connectivity index (χ0) is 11.1. The fourth-order valence-electron chi connectivity index (χ4n) is 1.20. The van der Waals surface area contributed by atoms with Crippen LogP contribution in [0.1, 0.15) is 20.3 Å². The third-order valence-electron chi connectivity index (χ3n) is 2.06. The molecule has 1 nitrogen and oxygen atoms in total. The van der Waals surface area contributed by atoms with E-state index < -0.39 is 0 Å². The number of hydrogen-bond donors (Lipinski definition) is 1. The van der Waals surface area contributed by atoms with E-state index in [0.717, 1.165) is 16.8 Å². The van der Waals surface area contributed by atoms with Crippen molar-refractivity contribution >= 4 is 27.7 Å². The molecular formula is C12H18BrNS. The van der Waals surface area contributed by atoms with Crippen LogP contribution in [0.3, 0.4) is 0 Å². The van der Waals surface area contributed by atoms with Gasteiger partial charge in [0.15, 0.2) is 0 Å². The molecule has 0 saturated heterocycles. The number of halogens is 1. The molecule has 0 saturated carbocycles. The van der Waals surface area contributed by atoms with Gasteiger partial charge < -0.3 is 5.32 Å². The molecule has 1 atom stereocenters. The van der Waals surface area contributed by atoms with Gasteiger partial charge in [-0.25, -0.2) is 0 Å². The first kappa shape index (κ1) is 13.1. The number of rotatable bonds is 6. The Bertz CT molecular complexity index is 273. The average molecular weight is 288 g/mol. The molecule has 3 heteroatoms. The Hall–Kier alpha value is 0.01000. The van der Waals surface area contributed by atoms with Crippen LogP contribution in [0.25, 0.3) is 0 Å². The highest BCUT2D eigenvalue weighted by Gasteiger charge is 2.01. The van der Waals surface area contributed by atoms with E-state index in [1.54, 1.807) is 0 Å². The first-order valence-electron chi connectivity index (χ1n) is 5.34. The molecule has 84 valence electrons. The van der Waals surface area contributed by atoms with Crippen molar-refractivity contribution < 1.29 is 0 Å². The molecule has 0 aliphatic carbocycles. The predicted molar refractivity (Wildman–Crippen MR) is 72.6 cm³/mol. The summed E-state index contributed by atoms with van der Waals surface area (Å²) in [5, 5.41) is 3.48. The molecule has 0 heterocycles. The van der Waals surface area contributed by atoms with Crippen molar-refractivity contribution in [3.05, 3.63) is 28.7 Å². The smallest absolute Gasteiger partial charge is 0.0176 e. The second-order valence-electron chi connectivity index (χ2n) is 3.62. The quantitative estimate of drug-likeness (QED) is 0.796. The molecule has 0 aliphatic rings. The summed E-state index contributed by atoms with van der Waals surface area (Å²) < 4.78 is 1.14. The van der Waals surface area contributed by atoms with E-state index in [4.69, 9.17) is 0 Å². The third-order valence-corrected chi connectivity index (χ3v) is 3.86. The normalized spacial score (nSPS) is 12.7. The van der Waals surface area contributed by atoms with E-state index in [1.807, 2.05) is 11.8 Å². The van der Waals surface area contributed by atoms with Gasteiger partial charge in [0.25, 0.3) is 0 Å². The predicted octanol–water partition coefficient (Wildman–Crippen LogP) is 3.93. The summed E-state index contributed by atoms with van der Waals surface area (Å²) >= 11 is 5.34. The highest BCUT2D eigenvalue weighted by molar-refractivity contribution is 9.10. The van der Waals surface area contributed by atoms with Gasteiger partial charge >= 0.3 is 0 Å². The monoisotopic (exact) mass is 287 g/mol. The van der Waals surface area contributed by atoms with Gasteiger partial charge in [0.1, 0.15) is 0 Å². The Kier molecular flexibility index (Phi) is 6.37. The standard InChI is InChI=1S/C12H18BrNS/c1-3-8-14-10(2)9-15-12-6-4-11(13)5-7-12/h4-7,10,14H,3,8-9H2,1-2H3. The molecule has 0 radical (unpaired) electrons. The van der Waals surface area contributed by atoms with Gasteiger partial charge in [-0.3, -0.25) is 0 Å². The lowest BCUT2D eigenvalue weighted by Gasteiger charge is -2.12. The summed E-state index contributed by atoms with van der Waals surface area (Å²) in [6, 6.07) is 9.07. The minimum Gasteiger partial charge on any atom is -0.313 e. The topological polar surface area (TPSA) is 12.0 Å². The number of hydrogen-bond acceptors (Lipinski definition) is 2. The molecule has 1 unspecified atom stereocenters. The maximum absolute atomic E-state index is 3.48. The summed E-state index contributed by atoms with van der Waals surface area (Å²) in [6.07, 6.45) is 1.20. The van der Waals surface area contributed by atoms with Crippen molar-refractivity contribution in [2.24, 2.45) is 0 Å². The van der Waals surface area contributed by atoms with Crippen LogP contribution < -0.4 is 5.32 Å². The van der Waals surface area contributed by atoms with Crippen molar-refractivity contribution in [3.63, 3.8) is 0 Å². The Morgan fingerprint density at radius 3 is 2.60 bits per heavy atom. The highest BCUT2D eigenvalue weighted by atomic mass is 79.9. The van der Waals surface area contributed by atoms with Crippen LogP contribution in [-0.2, 0) is 0 Å². The molecule has 1 aromatic rings. The minimum atomic E-state index is 0.582. The number of nitrogens with one attached hydrogen (secondary N) is 1. The minimum absolute atomic E-state index is 0.582. The first-order chi connectivity index (χ1) is 7.22. The van der Waals surface area contributed by atoms with Gasteiger partial charge in [0.2, 0.25) is 0 Å². The molecule has 1 N–H and O–H groups in total. The maximum Gasteiger partial charge on any atom is 0.0176 e. The molecule has 1 rings (SSSR count). The van der Waals surface area contributed by atoms with Crippen LogP contribution in [0.4, 0.5) is 0 Å². The summed E-state index contributed by atoms with van der Waals surface area (Å²) in [5.41, 5.74) is 0. The highest BCUT2D eigenvalue weighted by Crippen LogP contribution is 2.21. The van der Waals surface area contributed by atoms with Gasteiger partial charge in [-0.05, 0) is 44.2 Å². The lowest BCUT2D eigenvalue weighted by Crippen LogP contribution is -2.28. The zero-order valence-electron chi connectivity index (χ0n) is 9.29. The van der Waals surface area contributed by atoms with Crippen LogP contribution in [0, 0.1) is 0 Å². The molecule has 15 heavy (non-hydrogen) atoms. The first-order valence-corrected chi connectivity index (χ1v) is 7.12. The Morgan fingerprint density at radius 1 is 1.33 bits per heavy atom. The summed E-state index contributed by atoms with van der Waals surface area (Å²) in [7, 11) is 0. The third kappa shape index (κ3) is 5.59. The Morgan fingerprint density at radius 2 is 2.00 bits per heavy atom. The fraction of sp³-hybridized carbons (Fsp3) is 0.500. The largest absolute Gasteiger partial charge is 0.313 e. The maximum atomic E-state index is 3.48. The van der Waals surface area contributed by atoms with Gasteiger partial charge in [-0.15, -0.1) is 11.8 Å². The van der Waals surface area contributed by atoms with E-state index >= 15 is 0 Å². The molecule has 0 fully saturated rings. The van der Waals surface area contributed by atoms with Crippen LogP contribution in [0.5, 0.6) is 0 Å². The van der Waals surface area contributed by atoms with Crippen molar-refractivity contribution in [2.45, 2.75) is 31.2 Å². The summed E-state index contributed by atoms with van der Waals surface area (Å²) in [5.74, 6) is 1.13. The SMILES string of the molecule is CCCNC(C)CSc1ccc(Br)cc1. The van der Waals surface area contributed by atoms with Crippen molar-refractivity contribution in [1.82, 2.24) is 5.32 Å². The van der Waals surface area contributed by atoms with Crippen molar-refractivity contribution in [3.8, 4) is 0 Å². The molecule has 0 aromatic heterocycles. The lowest BCUT2D eigenvalue weighted by molar-refractivity contribution is 0.590. The zero-order valence-corrected chi connectivity index (χ0v) is 11.7. The van der Waals surface area contributed by atoms with Gasteiger partial charge in [-0.2, -0.15) is 0 Å². The second kappa shape index (κ2) is 7.31. The number of benzene rings is 1. The van der Waals surface area contributed by atoms with E-state index in [-0.39, 0.29) is 0 Å². The molecule has 0 amide bonds. The van der Waals surface area contributed by atoms with Gasteiger partial charge in [0, 0.05) is 21.2 Å². The fourth-order valence-corrected chi connectivity index (χ4v) is 2.35. The molecule has 0 aliphatic heterocycles. The molecule has 0 spiro atoms. The molecular weight excluding hydrogens is 270 g/mol. The second-order valence-corrected chi connectivity index (χ2v) is 5.63. The van der Waals surface area contributed by atoms with Crippen LogP contribution >= 0.6 is 27.7 Å². The number of thioether (sulfide) groups is 1. The molecule has 0 bridgehead atoms. The van der Waals surface area contributed by atoms with Gasteiger partial charge in [0.05, 0.1) is 0 Å². The van der Waals surface area contributed by atoms with Crippen LogP contribution in [0.2, 0.25) is 0 Å². The van der Waals surface area contributed by atoms with Crippen molar-refractivity contribution in [1.29, 1.82) is 0 Å². The summed E-state index contributed by atoms with van der Waals surface area (Å²) in [4.78, 5) is 1.34. The average Bonchev–Trinajstić information content (AvgIpc) is 2.25. The van der Waals surface area contributed by atoms with E-state index in [9.17, 15) is 0 Å². The van der Waals surface area contributed by atoms with E-state index in [1.165, 1.54) is 11.3 Å².